The number of carbonyl (C=O) groups is 2. The van der Waals surface area contributed by atoms with Gasteiger partial charge in [-0.3, -0.25) is 19.5 Å². The summed E-state index contributed by atoms with van der Waals surface area (Å²) in [6.45, 7) is 5.07. The summed E-state index contributed by atoms with van der Waals surface area (Å²) in [5.41, 5.74) is 0.302. The van der Waals surface area contributed by atoms with Crippen LogP contribution in [0.15, 0.2) is 28.2 Å². The van der Waals surface area contributed by atoms with Crippen molar-refractivity contribution >= 4 is 46.2 Å². The molecule has 0 aliphatic rings. The number of benzene rings is 1. The van der Waals surface area contributed by atoms with Gasteiger partial charge in [0.25, 0.3) is 5.56 Å². The molecule has 8 nitrogen and oxygen atoms in total. The van der Waals surface area contributed by atoms with Crippen molar-refractivity contribution in [2.45, 2.75) is 25.5 Å². The number of carbonyl (C=O) groups excluding carboxylic acids is 2. The maximum absolute atomic E-state index is 12.9. The molecule has 0 spiro atoms. The van der Waals surface area contributed by atoms with Crippen molar-refractivity contribution < 1.29 is 14.3 Å². The van der Waals surface area contributed by atoms with Crippen molar-refractivity contribution in [3.63, 3.8) is 0 Å². The number of fused-ring (bicyclic) bond motifs is 1. The molecule has 1 aromatic carbocycles. The van der Waals surface area contributed by atoms with E-state index >= 15 is 0 Å². The molecule has 0 atom stereocenters. The highest BCUT2D eigenvalue weighted by atomic mass is 35.5. The van der Waals surface area contributed by atoms with Gasteiger partial charge in [-0.1, -0.05) is 37.2 Å². The molecule has 1 aromatic heterocycles. The van der Waals surface area contributed by atoms with Gasteiger partial charge in [-0.15, -0.1) is 0 Å². The second-order valence-electron chi connectivity index (χ2n) is 6.45. The van der Waals surface area contributed by atoms with E-state index in [1.54, 1.807) is 22.8 Å². The normalized spacial score (nSPS) is 11.0. The Hall–Kier alpha value is -2.10. The maximum atomic E-state index is 12.9. The summed E-state index contributed by atoms with van der Waals surface area (Å²) in [5.74, 6) is -0.334. The molecule has 28 heavy (non-hydrogen) atoms. The minimum Gasteiger partial charge on any atom is -0.383 e. The van der Waals surface area contributed by atoms with Crippen molar-refractivity contribution in [3.05, 3.63) is 33.6 Å². The predicted octanol–water partition coefficient (Wildman–Crippen LogP) is 2.27. The SMILES string of the molecule is COCCNC(=O)NC(=O)CSc1nc2ccc(Cl)cc2c(=O)n1CC(C)C. The van der Waals surface area contributed by atoms with E-state index in [2.05, 4.69) is 15.6 Å². The standard InChI is InChI=1S/C18H23ClN4O4S/c1-11(2)9-23-16(25)13-8-12(19)4-5-14(13)21-18(23)28-10-15(24)22-17(26)20-6-7-27-3/h4-5,8,11H,6-7,9-10H2,1-3H3,(H2,20,22,24,26). The lowest BCUT2D eigenvalue weighted by Crippen LogP contribution is -2.41. The number of imide groups is 1. The fourth-order valence-corrected chi connectivity index (χ4v) is 3.39. The number of halogens is 1. The van der Waals surface area contributed by atoms with Gasteiger partial charge in [0, 0.05) is 25.2 Å². The second-order valence-corrected chi connectivity index (χ2v) is 7.83. The summed E-state index contributed by atoms with van der Waals surface area (Å²) in [5, 5.41) is 6.04. The topological polar surface area (TPSA) is 102 Å². The molecule has 2 rings (SSSR count). The van der Waals surface area contributed by atoms with Gasteiger partial charge in [0.2, 0.25) is 5.91 Å². The smallest absolute Gasteiger partial charge is 0.321 e. The number of urea groups is 1. The zero-order chi connectivity index (χ0) is 20.7. The first kappa shape index (κ1) is 22.2. The molecule has 0 fully saturated rings. The zero-order valence-corrected chi connectivity index (χ0v) is 17.5. The molecule has 0 aliphatic heterocycles. The van der Waals surface area contributed by atoms with Crippen LogP contribution in [0.3, 0.4) is 0 Å². The molecule has 2 aromatic rings. The Morgan fingerprint density at radius 3 is 2.79 bits per heavy atom. The van der Waals surface area contributed by atoms with Crippen LogP contribution < -0.4 is 16.2 Å². The van der Waals surface area contributed by atoms with E-state index in [4.69, 9.17) is 16.3 Å². The predicted molar refractivity (Wildman–Crippen MR) is 110 cm³/mol. The average molecular weight is 427 g/mol. The van der Waals surface area contributed by atoms with Crippen molar-refractivity contribution in [1.29, 1.82) is 0 Å². The Morgan fingerprint density at radius 1 is 1.36 bits per heavy atom. The molecule has 3 amide bonds. The molecular weight excluding hydrogens is 404 g/mol. The minimum atomic E-state index is -0.594. The third kappa shape index (κ3) is 6.22. The van der Waals surface area contributed by atoms with Gasteiger partial charge in [0.05, 0.1) is 23.3 Å². The van der Waals surface area contributed by atoms with E-state index < -0.39 is 11.9 Å². The Balaban J connectivity index is 2.16. The molecule has 0 bridgehead atoms. The molecule has 0 saturated heterocycles. The van der Waals surface area contributed by atoms with E-state index in [0.29, 0.717) is 40.8 Å². The second kappa shape index (κ2) is 10.4. The van der Waals surface area contributed by atoms with Gasteiger partial charge in [0.15, 0.2) is 5.16 Å². The first-order chi connectivity index (χ1) is 13.3. The van der Waals surface area contributed by atoms with Crippen LogP contribution >= 0.6 is 23.4 Å². The number of hydrogen-bond acceptors (Lipinski definition) is 6. The van der Waals surface area contributed by atoms with Crippen molar-refractivity contribution in [2.24, 2.45) is 5.92 Å². The summed E-state index contributed by atoms with van der Waals surface area (Å²) in [6.07, 6.45) is 0. The first-order valence-electron chi connectivity index (χ1n) is 8.71. The molecule has 10 heteroatoms. The molecule has 0 saturated carbocycles. The Kier molecular flexibility index (Phi) is 8.28. The number of rotatable bonds is 8. The van der Waals surface area contributed by atoms with Crippen LogP contribution in [0.25, 0.3) is 10.9 Å². The highest BCUT2D eigenvalue weighted by Crippen LogP contribution is 2.21. The van der Waals surface area contributed by atoms with E-state index in [0.717, 1.165) is 11.8 Å². The summed E-state index contributed by atoms with van der Waals surface area (Å²) in [6, 6.07) is 4.33. The summed E-state index contributed by atoms with van der Waals surface area (Å²) in [7, 11) is 1.52. The van der Waals surface area contributed by atoms with Crippen LogP contribution in [-0.4, -0.2) is 47.5 Å². The highest BCUT2D eigenvalue weighted by molar-refractivity contribution is 7.99. The van der Waals surface area contributed by atoms with Crippen LogP contribution in [0, 0.1) is 5.92 Å². The number of thioether (sulfide) groups is 1. The highest BCUT2D eigenvalue weighted by Gasteiger charge is 2.15. The molecule has 0 radical (unpaired) electrons. The van der Waals surface area contributed by atoms with Crippen LogP contribution in [0.1, 0.15) is 13.8 Å². The lowest BCUT2D eigenvalue weighted by Gasteiger charge is -2.15. The van der Waals surface area contributed by atoms with E-state index in [9.17, 15) is 14.4 Å². The summed E-state index contributed by atoms with van der Waals surface area (Å²) in [4.78, 5) is 41.0. The Bertz CT molecular complexity index is 916. The minimum absolute atomic E-state index is 0.0542. The fraction of sp³-hybridized carbons (Fsp3) is 0.444. The number of aromatic nitrogens is 2. The lowest BCUT2D eigenvalue weighted by molar-refractivity contribution is -0.117. The summed E-state index contributed by atoms with van der Waals surface area (Å²) < 4.78 is 6.36. The van der Waals surface area contributed by atoms with Crippen molar-refractivity contribution in [1.82, 2.24) is 20.2 Å². The molecule has 152 valence electrons. The van der Waals surface area contributed by atoms with E-state index in [1.807, 2.05) is 13.8 Å². The van der Waals surface area contributed by atoms with Gasteiger partial charge in [-0.2, -0.15) is 0 Å². The van der Waals surface area contributed by atoms with Crippen LogP contribution in [-0.2, 0) is 16.1 Å². The molecule has 2 N–H and O–H groups in total. The van der Waals surface area contributed by atoms with Gasteiger partial charge in [-0.05, 0) is 24.1 Å². The van der Waals surface area contributed by atoms with Gasteiger partial charge in [-0.25, -0.2) is 9.78 Å². The number of ether oxygens (including phenoxy) is 1. The third-order valence-corrected chi connectivity index (χ3v) is 4.82. The Labute approximate surface area is 172 Å². The monoisotopic (exact) mass is 426 g/mol. The number of nitrogens with one attached hydrogen (secondary N) is 2. The Morgan fingerprint density at radius 2 is 2.11 bits per heavy atom. The lowest BCUT2D eigenvalue weighted by atomic mass is 10.2. The zero-order valence-electron chi connectivity index (χ0n) is 16.0. The molecule has 1 heterocycles. The van der Waals surface area contributed by atoms with E-state index in [-0.39, 0.29) is 17.2 Å². The average Bonchev–Trinajstić information content (AvgIpc) is 2.63. The van der Waals surface area contributed by atoms with E-state index in [1.165, 1.54) is 7.11 Å². The summed E-state index contributed by atoms with van der Waals surface area (Å²) >= 11 is 7.11. The fourth-order valence-electron chi connectivity index (χ4n) is 2.41. The van der Waals surface area contributed by atoms with Crippen molar-refractivity contribution in [2.75, 3.05) is 26.0 Å². The molecule has 0 unspecified atom stereocenters. The first-order valence-corrected chi connectivity index (χ1v) is 10.1. The third-order valence-electron chi connectivity index (χ3n) is 3.61. The quantitative estimate of drug-likeness (QED) is 0.381. The number of hydrogen-bond donors (Lipinski definition) is 2. The maximum Gasteiger partial charge on any atom is 0.321 e. The number of nitrogens with zero attached hydrogens (tertiary/aromatic N) is 2. The van der Waals surface area contributed by atoms with Crippen molar-refractivity contribution in [3.8, 4) is 0 Å². The van der Waals surface area contributed by atoms with Gasteiger partial charge in [0.1, 0.15) is 0 Å². The largest absolute Gasteiger partial charge is 0.383 e. The van der Waals surface area contributed by atoms with Crippen LogP contribution in [0.2, 0.25) is 5.02 Å². The number of methoxy groups -OCH3 is 1. The molecular formula is C18H23ClN4O4S. The van der Waals surface area contributed by atoms with Crippen LogP contribution in [0.5, 0.6) is 0 Å². The van der Waals surface area contributed by atoms with Gasteiger partial charge < -0.3 is 10.1 Å². The molecule has 0 aliphatic carbocycles. The van der Waals surface area contributed by atoms with Gasteiger partial charge >= 0.3 is 6.03 Å². The number of amides is 3. The van der Waals surface area contributed by atoms with Crippen LogP contribution in [0.4, 0.5) is 4.79 Å².